The van der Waals surface area contributed by atoms with Crippen molar-refractivity contribution < 1.29 is 9.59 Å². The fourth-order valence-electron chi connectivity index (χ4n) is 1.82. The summed E-state index contributed by atoms with van der Waals surface area (Å²) in [7, 11) is 0. The number of hydrogen-bond donors (Lipinski definition) is 2. The molecule has 4 nitrogen and oxygen atoms in total. The van der Waals surface area contributed by atoms with Gasteiger partial charge in [0.05, 0.1) is 17.0 Å². The van der Waals surface area contributed by atoms with Crippen LogP contribution < -0.4 is 10.9 Å². The Labute approximate surface area is 128 Å². The number of hydrogen-bond acceptors (Lipinski definition) is 2. The molecule has 0 aliphatic rings. The molecule has 2 amide bonds. The molecule has 108 valence electrons. The summed E-state index contributed by atoms with van der Waals surface area (Å²) in [5.74, 6) is -0.737. The number of aryl methyl sites for hydroxylation is 1. The lowest BCUT2D eigenvalue weighted by Gasteiger charge is -2.09. The molecule has 0 saturated heterocycles. The van der Waals surface area contributed by atoms with Crippen LogP contribution in [0.3, 0.4) is 0 Å². The van der Waals surface area contributed by atoms with Crippen LogP contribution in [0.1, 0.15) is 21.5 Å². The Morgan fingerprint density at radius 3 is 2.43 bits per heavy atom. The molecule has 21 heavy (non-hydrogen) atoms. The number of carbonyl (C=O) groups is 2. The standard InChI is InChI=1S/C16H15ClN2O2/c1-11-7-8-13(14(17)9-11)16(21)19-18-15(20)10-12-5-3-2-4-6-12/h2-9H,10H2,1H3,(H,18,20)(H,19,21). The van der Waals surface area contributed by atoms with Crippen LogP contribution in [0.4, 0.5) is 0 Å². The maximum Gasteiger partial charge on any atom is 0.271 e. The summed E-state index contributed by atoms with van der Waals surface area (Å²) in [6.07, 6.45) is 0.197. The Balaban J connectivity index is 1.90. The summed E-state index contributed by atoms with van der Waals surface area (Å²) in [6, 6.07) is 14.4. The second-order valence-electron chi connectivity index (χ2n) is 4.65. The van der Waals surface area contributed by atoms with Crippen LogP contribution in [0.2, 0.25) is 5.02 Å². The first-order valence-corrected chi connectivity index (χ1v) is 6.83. The predicted octanol–water partition coefficient (Wildman–Crippen LogP) is 2.65. The number of halogens is 1. The molecule has 2 aromatic rings. The Morgan fingerprint density at radius 1 is 1.05 bits per heavy atom. The normalized spacial score (nSPS) is 10.0. The van der Waals surface area contributed by atoms with Gasteiger partial charge >= 0.3 is 0 Å². The maximum atomic E-state index is 11.9. The largest absolute Gasteiger partial charge is 0.273 e. The van der Waals surface area contributed by atoms with E-state index in [2.05, 4.69) is 10.9 Å². The van der Waals surface area contributed by atoms with Gasteiger partial charge in [0.2, 0.25) is 5.91 Å². The number of benzene rings is 2. The number of amides is 2. The lowest BCUT2D eigenvalue weighted by atomic mass is 10.1. The summed E-state index contributed by atoms with van der Waals surface area (Å²) in [4.78, 5) is 23.7. The smallest absolute Gasteiger partial charge is 0.271 e. The molecule has 0 saturated carbocycles. The SMILES string of the molecule is Cc1ccc(C(=O)NNC(=O)Cc2ccccc2)c(Cl)c1. The molecule has 2 rings (SSSR count). The quantitative estimate of drug-likeness (QED) is 0.856. The van der Waals surface area contributed by atoms with E-state index in [9.17, 15) is 9.59 Å². The molecule has 0 fully saturated rings. The predicted molar refractivity (Wildman–Crippen MR) is 81.9 cm³/mol. The van der Waals surface area contributed by atoms with E-state index >= 15 is 0 Å². The first-order valence-electron chi connectivity index (χ1n) is 6.45. The first kappa shape index (κ1) is 15.1. The van der Waals surface area contributed by atoms with E-state index in [0.29, 0.717) is 10.6 Å². The average molecular weight is 303 g/mol. The molecule has 0 bridgehead atoms. The van der Waals surface area contributed by atoms with Crippen LogP contribution in [0.5, 0.6) is 0 Å². The third-order valence-electron chi connectivity index (χ3n) is 2.89. The summed E-state index contributed by atoms with van der Waals surface area (Å²) < 4.78 is 0. The zero-order valence-electron chi connectivity index (χ0n) is 11.5. The zero-order valence-corrected chi connectivity index (χ0v) is 12.3. The van der Waals surface area contributed by atoms with Gasteiger partial charge in [-0.2, -0.15) is 0 Å². The molecule has 0 aromatic heterocycles. The van der Waals surface area contributed by atoms with Crippen LogP contribution in [0, 0.1) is 6.92 Å². The monoisotopic (exact) mass is 302 g/mol. The highest BCUT2D eigenvalue weighted by atomic mass is 35.5. The van der Waals surface area contributed by atoms with Gasteiger partial charge in [-0.1, -0.05) is 48.0 Å². The zero-order chi connectivity index (χ0) is 15.2. The lowest BCUT2D eigenvalue weighted by Crippen LogP contribution is -2.42. The molecule has 0 atom stereocenters. The molecule has 0 heterocycles. The van der Waals surface area contributed by atoms with Crippen molar-refractivity contribution in [2.45, 2.75) is 13.3 Å². The Bertz CT molecular complexity index is 657. The third kappa shape index (κ3) is 4.33. The van der Waals surface area contributed by atoms with Crippen LogP contribution in [0.15, 0.2) is 48.5 Å². The van der Waals surface area contributed by atoms with E-state index in [-0.39, 0.29) is 12.3 Å². The third-order valence-corrected chi connectivity index (χ3v) is 3.20. The van der Waals surface area contributed by atoms with Crippen molar-refractivity contribution in [1.82, 2.24) is 10.9 Å². The van der Waals surface area contributed by atoms with Gasteiger partial charge in [-0.25, -0.2) is 0 Å². The summed E-state index contributed by atoms with van der Waals surface area (Å²) in [5, 5.41) is 0.352. The van der Waals surface area contributed by atoms with E-state index in [1.807, 2.05) is 37.3 Å². The van der Waals surface area contributed by atoms with Crippen LogP contribution in [-0.4, -0.2) is 11.8 Å². The van der Waals surface area contributed by atoms with Gasteiger partial charge in [0.25, 0.3) is 5.91 Å². The Hall–Kier alpha value is -2.33. The molecule has 5 heteroatoms. The molecular formula is C16H15ClN2O2. The summed E-state index contributed by atoms with van der Waals surface area (Å²) in [6.45, 7) is 1.88. The molecule has 0 aliphatic heterocycles. The van der Waals surface area contributed by atoms with Gasteiger partial charge in [-0.05, 0) is 30.2 Å². The number of hydrazine groups is 1. The minimum atomic E-state index is -0.443. The first-order chi connectivity index (χ1) is 10.1. The van der Waals surface area contributed by atoms with Crippen molar-refractivity contribution in [3.63, 3.8) is 0 Å². The second kappa shape index (κ2) is 6.90. The Kier molecular flexibility index (Phi) is 4.95. The van der Waals surface area contributed by atoms with Crippen LogP contribution >= 0.6 is 11.6 Å². The lowest BCUT2D eigenvalue weighted by molar-refractivity contribution is -0.121. The van der Waals surface area contributed by atoms with Gasteiger partial charge in [-0.3, -0.25) is 20.4 Å². The maximum absolute atomic E-state index is 11.9. The number of rotatable bonds is 3. The molecule has 2 aromatic carbocycles. The number of carbonyl (C=O) groups excluding carboxylic acids is 2. The minimum absolute atomic E-state index is 0.197. The highest BCUT2D eigenvalue weighted by molar-refractivity contribution is 6.33. The van der Waals surface area contributed by atoms with Gasteiger partial charge in [0, 0.05) is 0 Å². The van der Waals surface area contributed by atoms with Gasteiger partial charge in [0.15, 0.2) is 0 Å². The highest BCUT2D eigenvalue weighted by Crippen LogP contribution is 2.17. The van der Waals surface area contributed by atoms with E-state index in [0.717, 1.165) is 11.1 Å². The van der Waals surface area contributed by atoms with Crippen molar-refractivity contribution in [3.05, 3.63) is 70.2 Å². The topological polar surface area (TPSA) is 58.2 Å². The van der Waals surface area contributed by atoms with Gasteiger partial charge in [0.1, 0.15) is 0 Å². The van der Waals surface area contributed by atoms with E-state index in [4.69, 9.17) is 11.6 Å². The molecule has 0 unspecified atom stereocenters. The van der Waals surface area contributed by atoms with Gasteiger partial charge in [-0.15, -0.1) is 0 Å². The van der Waals surface area contributed by atoms with Gasteiger partial charge < -0.3 is 0 Å². The van der Waals surface area contributed by atoms with Crippen molar-refractivity contribution in [3.8, 4) is 0 Å². The van der Waals surface area contributed by atoms with Crippen molar-refractivity contribution in [2.75, 3.05) is 0 Å². The average Bonchev–Trinajstić information content (AvgIpc) is 2.46. The second-order valence-corrected chi connectivity index (χ2v) is 5.06. The van der Waals surface area contributed by atoms with E-state index < -0.39 is 5.91 Å². The molecule has 0 spiro atoms. The van der Waals surface area contributed by atoms with Crippen molar-refractivity contribution >= 4 is 23.4 Å². The molecule has 0 aliphatic carbocycles. The fraction of sp³-hybridized carbons (Fsp3) is 0.125. The molecular weight excluding hydrogens is 288 g/mol. The van der Waals surface area contributed by atoms with Crippen molar-refractivity contribution in [1.29, 1.82) is 0 Å². The van der Waals surface area contributed by atoms with Crippen LogP contribution in [0.25, 0.3) is 0 Å². The Morgan fingerprint density at radius 2 is 1.76 bits per heavy atom. The highest BCUT2D eigenvalue weighted by Gasteiger charge is 2.11. The van der Waals surface area contributed by atoms with E-state index in [1.165, 1.54) is 0 Å². The number of nitrogens with one attached hydrogen (secondary N) is 2. The van der Waals surface area contributed by atoms with E-state index in [1.54, 1.807) is 18.2 Å². The fourth-order valence-corrected chi connectivity index (χ4v) is 2.14. The molecule has 0 radical (unpaired) electrons. The summed E-state index contributed by atoms with van der Waals surface area (Å²) in [5.41, 5.74) is 6.89. The van der Waals surface area contributed by atoms with Crippen LogP contribution in [-0.2, 0) is 11.2 Å². The van der Waals surface area contributed by atoms with Crippen molar-refractivity contribution in [2.24, 2.45) is 0 Å². The molecule has 2 N–H and O–H groups in total. The summed E-state index contributed by atoms with van der Waals surface area (Å²) >= 11 is 6.00. The minimum Gasteiger partial charge on any atom is -0.273 e.